The number of aliphatic hydroxyl groups is 1. The summed E-state index contributed by atoms with van der Waals surface area (Å²) in [5, 5.41) is 14.9. The van der Waals surface area contributed by atoms with Crippen molar-refractivity contribution < 1.29 is 14.2 Å². The molecule has 1 atom stereocenters. The van der Waals surface area contributed by atoms with Gasteiger partial charge in [0.2, 0.25) is 0 Å². The first-order valence-corrected chi connectivity index (χ1v) is 11.0. The van der Waals surface area contributed by atoms with Crippen molar-refractivity contribution in [2.24, 2.45) is 5.92 Å². The van der Waals surface area contributed by atoms with Crippen LogP contribution in [0.3, 0.4) is 0 Å². The van der Waals surface area contributed by atoms with Gasteiger partial charge in [-0.25, -0.2) is 9.07 Å². The third-order valence-electron chi connectivity index (χ3n) is 6.23. The van der Waals surface area contributed by atoms with E-state index in [9.17, 15) is 9.50 Å². The van der Waals surface area contributed by atoms with E-state index in [2.05, 4.69) is 4.90 Å². The smallest absolute Gasteiger partial charge is 0.136 e. The zero-order valence-corrected chi connectivity index (χ0v) is 18.2. The van der Waals surface area contributed by atoms with E-state index < -0.39 is 0 Å². The average molecular weight is 424 g/mol. The second kappa shape index (κ2) is 9.62. The molecule has 1 aliphatic heterocycles. The van der Waals surface area contributed by atoms with Crippen LogP contribution >= 0.6 is 0 Å². The third kappa shape index (κ3) is 4.81. The molecule has 164 valence electrons. The average Bonchev–Trinajstić information content (AvgIpc) is 3.23. The molecule has 1 fully saturated rings. The van der Waals surface area contributed by atoms with Gasteiger partial charge in [-0.2, -0.15) is 5.10 Å². The van der Waals surface area contributed by atoms with Crippen LogP contribution in [-0.2, 0) is 6.54 Å². The fourth-order valence-electron chi connectivity index (χ4n) is 4.35. The molecule has 31 heavy (non-hydrogen) atoms. The van der Waals surface area contributed by atoms with Crippen LogP contribution in [0.25, 0.3) is 16.9 Å². The molecule has 2 aromatic carbocycles. The zero-order valence-electron chi connectivity index (χ0n) is 18.2. The highest BCUT2D eigenvalue weighted by atomic mass is 19.1. The maximum Gasteiger partial charge on any atom is 0.136 e. The SMILES string of the molecule is CC[C@@H](O)C1CCN(Cc2cn(-c3ccccc3)nc2-c2ccc(OC)cc2F)CC1. The molecule has 0 aliphatic carbocycles. The van der Waals surface area contributed by atoms with Crippen molar-refractivity contribution in [3.8, 4) is 22.7 Å². The minimum Gasteiger partial charge on any atom is -0.497 e. The second-order valence-corrected chi connectivity index (χ2v) is 8.22. The minimum absolute atomic E-state index is 0.216. The molecule has 1 aliphatic rings. The Kier molecular flexibility index (Phi) is 6.68. The number of hydrogen-bond acceptors (Lipinski definition) is 4. The predicted molar refractivity (Wildman–Crippen MR) is 120 cm³/mol. The van der Waals surface area contributed by atoms with Crippen LogP contribution in [0.5, 0.6) is 5.75 Å². The molecule has 5 nitrogen and oxygen atoms in total. The number of benzene rings is 2. The summed E-state index contributed by atoms with van der Waals surface area (Å²) >= 11 is 0. The van der Waals surface area contributed by atoms with E-state index in [1.807, 2.05) is 48.1 Å². The molecule has 4 rings (SSSR count). The summed E-state index contributed by atoms with van der Waals surface area (Å²) in [7, 11) is 1.53. The van der Waals surface area contributed by atoms with Crippen molar-refractivity contribution >= 4 is 0 Å². The summed E-state index contributed by atoms with van der Waals surface area (Å²) in [5.41, 5.74) is 3.05. The van der Waals surface area contributed by atoms with Crippen LogP contribution in [0.4, 0.5) is 4.39 Å². The van der Waals surface area contributed by atoms with Crippen molar-refractivity contribution in [2.75, 3.05) is 20.2 Å². The predicted octanol–water partition coefficient (Wildman–Crippen LogP) is 4.67. The Morgan fingerprint density at radius 2 is 1.90 bits per heavy atom. The van der Waals surface area contributed by atoms with Crippen molar-refractivity contribution in [1.82, 2.24) is 14.7 Å². The van der Waals surface area contributed by atoms with Gasteiger partial charge in [-0.15, -0.1) is 0 Å². The maximum absolute atomic E-state index is 14.9. The largest absolute Gasteiger partial charge is 0.497 e. The fourth-order valence-corrected chi connectivity index (χ4v) is 4.35. The first-order chi connectivity index (χ1) is 15.1. The van der Waals surface area contributed by atoms with Crippen molar-refractivity contribution in [3.05, 3.63) is 66.1 Å². The Balaban J connectivity index is 1.62. The number of para-hydroxylation sites is 1. The Bertz CT molecular complexity index is 997. The lowest BCUT2D eigenvalue weighted by Gasteiger charge is -2.33. The Hall–Kier alpha value is -2.70. The van der Waals surface area contributed by atoms with Gasteiger partial charge in [0.25, 0.3) is 0 Å². The molecule has 0 bridgehead atoms. The number of halogens is 1. The van der Waals surface area contributed by atoms with E-state index in [0.29, 0.717) is 29.5 Å². The van der Waals surface area contributed by atoms with E-state index in [0.717, 1.165) is 43.6 Å². The second-order valence-electron chi connectivity index (χ2n) is 8.22. The number of nitrogens with zero attached hydrogens (tertiary/aromatic N) is 3. The molecule has 6 heteroatoms. The Morgan fingerprint density at radius 1 is 1.16 bits per heavy atom. The normalized spacial score (nSPS) is 16.4. The highest BCUT2D eigenvalue weighted by molar-refractivity contribution is 5.65. The number of aliphatic hydroxyl groups excluding tert-OH is 1. The summed E-state index contributed by atoms with van der Waals surface area (Å²) in [5.74, 6) is 0.511. The molecule has 0 radical (unpaired) electrons. The number of rotatable bonds is 7. The summed E-state index contributed by atoms with van der Waals surface area (Å²) < 4.78 is 21.9. The summed E-state index contributed by atoms with van der Waals surface area (Å²) in [4.78, 5) is 2.37. The fraction of sp³-hybridized carbons (Fsp3) is 0.400. The lowest BCUT2D eigenvalue weighted by Crippen LogP contribution is -2.37. The Labute approximate surface area is 183 Å². The van der Waals surface area contributed by atoms with Crippen LogP contribution in [-0.4, -0.2) is 46.1 Å². The first kappa shape index (κ1) is 21.5. The van der Waals surface area contributed by atoms with Gasteiger partial charge < -0.3 is 9.84 Å². The standard InChI is InChI=1S/C25H30FN3O2/c1-3-24(30)18-11-13-28(14-12-18)16-19-17-29(20-7-5-4-6-8-20)27-25(19)22-10-9-21(31-2)15-23(22)26/h4-10,15,17-18,24,30H,3,11-14,16H2,1-2H3/t24-/m1/s1. The van der Waals surface area contributed by atoms with Crippen LogP contribution < -0.4 is 4.74 Å². The summed E-state index contributed by atoms with van der Waals surface area (Å²) in [6, 6.07) is 14.8. The molecule has 3 aromatic rings. The lowest BCUT2D eigenvalue weighted by molar-refractivity contribution is 0.0550. The number of piperidine rings is 1. The van der Waals surface area contributed by atoms with Gasteiger partial charge in [0.15, 0.2) is 0 Å². The van der Waals surface area contributed by atoms with Crippen molar-refractivity contribution in [3.63, 3.8) is 0 Å². The highest BCUT2D eigenvalue weighted by Crippen LogP contribution is 2.31. The topological polar surface area (TPSA) is 50.5 Å². The van der Waals surface area contributed by atoms with Crippen LogP contribution in [0.15, 0.2) is 54.7 Å². The van der Waals surface area contributed by atoms with Crippen LogP contribution in [0.2, 0.25) is 0 Å². The molecular formula is C25H30FN3O2. The van der Waals surface area contributed by atoms with Crippen LogP contribution in [0.1, 0.15) is 31.7 Å². The van der Waals surface area contributed by atoms with Gasteiger partial charge in [0.1, 0.15) is 17.3 Å². The highest BCUT2D eigenvalue weighted by Gasteiger charge is 2.26. The van der Waals surface area contributed by atoms with Gasteiger partial charge in [-0.05, 0) is 62.5 Å². The molecule has 0 saturated carbocycles. The van der Waals surface area contributed by atoms with Gasteiger partial charge in [0.05, 0.1) is 18.9 Å². The third-order valence-corrected chi connectivity index (χ3v) is 6.23. The number of methoxy groups -OCH3 is 1. The van der Waals surface area contributed by atoms with Crippen LogP contribution in [0, 0.1) is 11.7 Å². The number of hydrogen-bond donors (Lipinski definition) is 1. The van der Waals surface area contributed by atoms with Gasteiger partial charge >= 0.3 is 0 Å². The first-order valence-electron chi connectivity index (χ1n) is 11.0. The van der Waals surface area contributed by atoms with E-state index in [4.69, 9.17) is 9.84 Å². The number of likely N-dealkylation sites (tertiary alicyclic amines) is 1. The minimum atomic E-state index is -0.344. The quantitative estimate of drug-likeness (QED) is 0.600. The molecule has 1 N–H and O–H groups in total. The van der Waals surface area contributed by atoms with E-state index >= 15 is 0 Å². The zero-order chi connectivity index (χ0) is 21.8. The Morgan fingerprint density at radius 3 is 2.55 bits per heavy atom. The van der Waals surface area contributed by atoms with Crippen molar-refractivity contribution in [1.29, 1.82) is 0 Å². The molecule has 1 saturated heterocycles. The summed E-state index contributed by atoms with van der Waals surface area (Å²) in [6.45, 7) is 4.57. The maximum atomic E-state index is 14.9. The van der Waals surface area contributed by atoms with Gasteiger partial charge in [-0.1, -0.05) is 25.1 Å². The number of aromatic nitrogens is 2. The van der Waals surface area contributed by atoms with E-state index in [1.165, 1.54) is 13.2 Å². The molecule has 0 unspecified atom stereocenters. The van der Waals surface area contributed by atoms with E-state index in [-0.39, 0.29) is 11.9 Å². The van der Waals surface area contributed by atoms with Gasteiger partial charge in [-0.3, -0.25) is 4.90 Å². The monoisotopic (exact) mass is 423 g/mol. The van der Waals surface area contributed by atoms with Crippen molar-refractivity contribution in [2.45, 2.75) is 38.8 Å². The molecule has 2 heterocycles. The molecule has 0 amide bonds. The molecule has 0 spiro atoms. The summed E-state index contributed by atoms with van der Waals surface area (Å²) in [6.07, 6.45) is 4.55. The van der Waals surface area contributed by atoms with E-state index in [1.54, 1.807) is 12.1 Å². The molecular weight excluding hydrogens is 393 g/mol. The lowest BCUT2D eigenvalue weighted by atomic mass is 9.90. The number of ether oxygens (including phenoxy) is 1. The van der Waals surface area contributed by atoms with Gasteiger partial charge in [0, 0.05) is 29.9 Å². The molecule has 1 aromatic heterocycles.